The lowest BCUT2D eigenvalue weighted by Crippen LogP contribution is -2.39. The van der Waals surface area contributed by atoms with Gasteiger partial charge in [0.2, 0.25) is 0 Å². The van der Waals surface area contributed by atoms with E-state index in [-0.39, 0.29) is 13.2 Å². The summed E-state index contributed by atoms with van der Waals surface area (Å²) in [5.74, 6) is 38.7. The van der Waals surface area contributed by atoms with Gasteiger partial charge in [0.15, 0.2) is 0 Å². The summed E-state index contributed by atoms with van der Waals surface area (Å²) >= 11 is 0. The van der Waals surface area contributed by atoms with Gasteiger partial charge in [-0.3, -0.25) is 13.6 Å². The number of carbonyl (C=O) groups is 1. The van der Waals surface area contributed by atoms with Gasteiger partial charge in [-0.1, -0.05) is 23.2 Å². The van der Waals surface area contributed by atoms with Crippen LogP contribution in [-0.2, 0) is 39.0 Å². The van der Waals surface area contributed by atoms with Crippen molar-refractivity contribution >= 4 is 13.8 Å². The quantitative estimate of drug-likeness (QED) is 0.0632. The van der Waals surface area contributed by atoms with Crippen LogP contribution in [0.15, 0.2) is 29.4 Å². The van der Waals surface area contributed by atoms with E-state index < -0.39 is 32.6 Å². The summed E-state index contributed by atoms with van der Waals surface area (Å²) in [6.07, 6.45) is -2.28. The van der Waals surface area contributed by atoms with Crippen LogP contribution in [0.2, 0.25) is 0 Å². The van der Waals surface area contributed by atoms with Crippen molar-refractivity contribution in [3.8, 4) is 100 Å². The van der Waals surface area contributed by atoms with Crippen molar-refractivity contribution < 1.29 is 37.1 Å². The zero-order valence-corrected chi connectivity index (χ0v) is 25.0. The molecule has 12 heteroatoms. The van der Waals surface area contributed by atoms with Gasteiger partial charge in [0.1, 0.15) is 18.0 Å². The highest BCUT2D eigenvalue weighted by atomic mass is 31.2. The fraction of sp³-hybridized carbons (Fsp3) is 0.281. The Kier molecular flexibility index (Phi) is 19.0. The average Bonchev–Trinajstić information content (AvgIpc) is 3.05. The van der Waals surface area contributed by atoms with Crippen molar-refractivity contribution in [1.82, 2.24) is 0 Å². The maximum atomic E-state index is 12.4. The molecule has 0 heterocycles. The predicted molar refractivity (Wildman–Crippen MR) is 161 cm³/mol. The first-order valence-electron chi connectivity index (χ1n) is 12.2. The largest absolute Gasteiger partial charge is 0.497 e. The molecule has 0 aromatic heterocycles. The number of azide groups is 1. The van der Waals surface area contributed by atoms with E-state index in [0.29, 0.717) is 5.75 Å². The van der Waals surface area contributed by atoms with Gasteiger partial charge >= 0.3 is 13.8 Å². The molecule has 2 atom stereocenters. The summed E-state index contributed by atoms with van der Waals surface area (Å²) in [6.45, 7) is 0.918. The SMILES string of the molecule is CC#CC#CC#CC#CC#CC#CC#CC#CC(=O)O[C@@H](CN=[N+]=[N-])[C@H](COP(=O)(OC)OC)OCc1ccc(OC)cc1. The molecule has 0 aliphatic heterocycles. The molecule has 0 amide bonds. The number of carbonyl (C=O) groups excluding carboxylic acids is 1. The molecule has 0 bridgehead atoms. The summed E-state index contributed by atoms with van der Waals surface area (Å²) < 4.78 is 43.6. The maximum absolute atomic E-state index is 12.4. The van der Waals surface area contributed by atoms with Crippen LogP contribution >= 0.6 is 7.82 Å². The molecule has 0 radical (unpaired) electrons. The Morgan fingerprint density at radius 3 is 1.84 bits per heavy atom. The third kappa shape index (κ3) is 16.6. The van der Waals surface area contributed by atoms with Crippen LogP contribution in [-0.4, -0.2) is 52.7 Å². The van der Waals surface area contributed by atoms with Crippen molar-refractivity contribution in [2.24, 2.45) is 5.11 Å². The predicted octanol–water partition coefficient (Wildman–Crippen LogP) is 3.27. The van der Waals surface area contributed by atoms with Crippen LogP contribution in [0, 0.1) is 94.7 Å². The molecule has 220 valence electrons. The van der Waals surface area contributed by atoms with Gasteiger partial charge in [0.25, 0.3) is 0 Å². The monoisotopic (exact) mass is 609 g/mol. The van der Waals surface area contributed by atoms with Crippen LogP contribution in [0.5, 0.6) is 5.75 Å². The van der Waals surface area contributed by atoms with Gasteiger partial charge in [0, 0.05) is 25.1 Å². The number of hydrogen-bond acceptors (Lipinski definition) is 9. The Morgan fingerprint density at radius 2 is 1.36 bits per heavy atom. The highest BCUT2D eigenvalue weighted by Crippen LogP contribution is 2.47. The number of phosphoric ester groups is 1. The standard InChI is InChI=1S/C32H24N3O8P/c1-5-6-7-8-9-10-11-12-13-14-15-16-17-18-19-20-32(36)43-30(25-34-35-33)31(27-42-44(37,39-3)40-4)41-26-28-21-23-29(38-2)24-22-28/h21-24,30-31H,25-27H2,1-4H3/t30-,31-/m0/s1. The normalized spacial score (nSPS) is 9.91. The maximum Gasteiger partial charge on any atom is 0.474 e. The lowest BCUT2D eigenvalue weighted by Gasteiger charge is -2.26. The third-order valence-corrected chi connectivity index (χ3v) is 5.93. The van der Waals surface area contributed by atoms with Gasteiger partial charge in [-0.15, -0.1) is 0 Å². The zero-order chi connectivity index (χ0) is 32.3. The van der Waals surface area contributed by atoms with E-state index in [9.17, 15) is 9.36 Å². The van der Waals surface area contributed by atoms with E-state index in [1.165, 1.54) is 7.11 Å². The van der Waals surface area contributed by atoms with Crippen LogP contribution in [0.1, 0.15) is 12.5 Å². The molecular weight excluding hydrogens is 585 g/mol. The van der Waals surface area contributed by atoms with Gasteiger partial charge in [-0.25, -0.2) is 9.36 Å². The summed E-state index contributed by atoms with van der Waals surface area (Å²) in [5, 5.41) is 3.47. The second-order valence-corrected chi connectivity index (χ2v) is 9.17. The van der Waals surface area contributed by atoms with Gasteiger partial charge in [0.05, 0.1) is 26.9 Å². The van der Waals surface area contributed by atoms with E-state index in [4.69, 9.17) is 33.3 Å². The first-order valence-corrected chi connectivity index (χ1v) is 13.6. The second-order valence-electron chi connectivity index (χ2n) is 7.29. The van der Waals surface area contributed by atoms with E-state index in [0.717, 1.165) is 19.8 Å². The van der Waals surface area contributed by atoms with Crippen LogP contribution < -0.4 is 4.74 Å². The van der Waals surface area contributed by atoms with Crippen molar-refractivity contribution in [3.63, 3.8) is 0 Å². The smallest absolute Gasteiger partial charge is 0.474 e. The van der Waals surface area contributed by atoms with E-state index in [2.05, 4.69) is 105 Å². The summed E-state index contributed by atoms with van der Waals surface area (Å²) in [4.78, 5) is 15.1. The minimum atomic E-state index is -3.92. The van der Waals surface area contributed by atoms with Crippen molar-refractivity contribution in [2.75, 3.05) is 34.5 Å². The highest BCUT2D eigenvalue weighted by Gasteiger charge is 2.31. The number of benzene rings is 1. The topological polar surface area (TPSA) is 138 Å². The van der Waals surface area contributed by atoms with Gasteiger partial charge in [-0.05, 0) is 113 Å². The number of nitrogens with zero attached hydrogens (tertiary/aromatic N) is 3. The molecule has 0 saturated heterocycles. The molecule has 0 spiro atoms. The van der Waals surface area contributed by atoms with E-state index in [1.807, 2.05) is 0 Å². The number of ether oxygens (including phenoxy) is 3. The van der Waals surface area contributed by atoms with Gasteiger partial charge < -0.3 is 14.2 Å². The molecule has 11 nitrogen and oxygen atoms in total. The molecule has 0 N–H and O–H groups in total. The van der Waals surface area contributed by atoms with Crippen LogP contribution in [0.4, 0.5) is 0 Å². The summed E-state index contributed by atoms with van der Waals surface area (Å²) in [7, 11) is -0.114. The fourth-order valence-electron chi connectivity index (χ4n) is 2.57. The number of phosphoric acid groups is 1. The molecule has 0 saturated carbocycles. The van der Waals surface area contributed by atoms with E-state index in [1.54, 1.807) is 31.2 Å². The Hall–Kier alpha value is -5.65. The molecule has 1 aromatic carbocycles. The Bertz CT molecular complexity index is 1750. The molecule has 0 aliphatic rings. The van der Waals surface area contributed by atoms with Crippen molar-refractivity contribution in [2.45, 2.75) is 25.7 Å². The lowest BCUT2D eigenvalue weighted by molar-refractivity contribution is -0.152. The third-order valence-electron chi connectivity index (χ3n) is 4.57. The second kappa shape index (κ2) is 23.0. The van der Waals surface area contributed by atoms with E-state index >= 15 is 0 Å². The molecule has 0 unspecified atom stereocenters. The fourth-order valence-corrected chi connectivity index (χ4v) is 3.26. The molecule has 1 aromatic rings. The average molecular weight is 610 g/mol. The van der Waals surface area contributed by atoms with Crippen molar-refractivity contribution in [3.05, 3.63) is 40.3 Å². The van der Waals surface area contributed by atoms with Crippen LogP contribution in [0.25, 0.3) is 10.4 Å². The lowest BCUT2D eigenvalue weighted by atomic mass is 10.2. The molecule has 44 heavy (non-hydrogen) atoms. The Labute approximate surface area is 256 Å². The molecular formula is C32H24N3O8P. The van der Waals surface area contributed by atoms with Crippen LogP contribution in [0.3, 0.4) is 0 Å². The highest BCUT2D eigenvalue weighted by molar-refractivity contribution is 7.48. The first-order chi connectivity index (χ1) is 21.4. The zero-order valence-electron chi connectivity index (χ0n) is 24.1. The van der Waals surface area contributed by atoms with Gasteiger partial charge in [-0.2, -0.15) is 0 Å². The number of hydrogen-bond donors (Lipinski definition) is 0. The molecule has 0 fully saturated rings. The molecule has 0 aliphatic carbocycles. The minimum Gasteiger partial charge on any atom is -0.497 e. The van der Waals surface area contributed by atoms with Crippen molar-refractivity contribution in [1.29, 1.82) is 0 Å². The Balaban J connectivity index is 2.96. The Morgan fingerprint density at radius 1 is 0.841 bits per heavy atom. The first kappa shape index (κ1) is 36.4. The number of rotatable bonds is 13. The molecule has 1 rings (SSSR count). The number of esters is 1. The summed E-state index contributed by atoms with van der Waals surface area (Å²) in [6, 6.07) is 6.96. The number of methoxy groups -OCH3 is 1. The summed E-state index contributed by atoms with van der Waals surface area (Å²) in [5.41, 5.74) is 9.57. The minimum absolute atomic E-state index is 0.0215.